The van der Waals surface area contributed by atoms with Crippen LogP contribution in [0, 0.1) is 0 Å². The first-order valence-electron chi connectivity index (χ1n) is 4.69. The molecule has 3 nitrogen and oxygen atoms in total. The van der Waals surface area contributed by atoms with Crippen molar-refractivity contribution in [1.29, 1.82) is 0 Å². The molecular formula is C10H9BrClN3S. The molecule has 1 N–H and O–H groups in total. The van der Waals surface area contributed by atoms with Gasteiger partial charge in [0.15, 0.2) is 0 Å². The molecule has 0 radical (unpaired) electrons. The van der Waals surface area contributed by atoms with E-state index in [1.807, 2.05) is 0 Å². The summed E-state index contributed by atoms with van der Waals surface area (Å²) in [6.45, 7) is 0.814. The van der Waals surface area contributed by atoms with Crippen molar-refractivity contribution in [2.45, 2.75) is 6.42 Å². The van der Waals surface area contributed by atoms with E-state index in [9.17, 15) is 0 Å². The number of nitrogens with zero attached hydrogens (tertiary/aromatic N) is 2. The van der Waals surface area contributed by atoms with Gasteiger partial charge >= 0.3 is 0 Å². The summed E-state index contributed by atoms with van der Waals surface area (Å²) in [4.78, 5) is 9.44. The predicted octanol–water partition coefficient (Wildman–Crippen LogP) is 3.61. The quantitative estimate of drug-likeness (QED) is 0.936. The Bertz CT molecular complexity index is 457. The first kappa shape index (κ1) is 11.8. The van der Waals surface area contributed by atoms with Crippen LogP contribution < -0.4 is 5.32 Å². The third kappa shape index (κ3) is 3.43. The van der Waals surface area contributed by atoms with E-state index in [2.05, 4.69) is 43.3 Å². The van der Waals surface area contributed by atoms with Crippen LogP contribution in [0.1, 0.15) is 4.88 Å². The van der Waals surface area contributed by atoms with E-state index in [4.69, 9.17) is 11.6 Å². The lowest BCUT2D eigenvalue weighted by Gasteiger charge is -2.02. The van der Waals surface area contributed by atoms with Crippen LogP contribution in [-0.2, 0) is 6.42 Å². The lowest BCUT2D eigenvalue weighted by Crippen LogP contribution is -2.06. The minimum absolute atomic E-state index is 0.549. The highest BCUT2D eigenvalue weighted by atomic mass is 79.9. The van der Waals surface area contributed by atoms with E-state index in [0.717, 1.165) is 16.8 Å². The molecule has 2 heterocycles. The number of rotatable bonds is 4. The predicted molar refractivity (Wildman–Crippen MR) is 71.3 cm³/mol. The Labute approximate surface area is 111 Å². The van der Waals surface area contributed by atoms with Crippen molar-refractivity contribution in [3.63, 3.8) is 0 Å². The van der Waals surface area contributed by atoms with E-state index in [1.165, 1.54) is 4.88 Å². The van der Waals surface area contributed by atoms with Gasteiger partial charge in [0, 0.05) is 11.4 Å². The van der Waals surface area contributed by atoms with Crippen molar-refractivity contribution >= 4 is 44.8 Å². The molecule has 0 saturated carbocycles. The zero-order chi connectivity index (χ0) is 11.4. The van der Waals surface area contributed by atoms with E-state index < -0.39 is 0 Å². The van der Waals surface area contributed by atoms with Crippen LogP contribution in [-0.4, -0.2) is 16.5 Å². The third-order valence-corrected chi connectivity index (χ3v) is 3.78. The highest BCUT2D eigenvalue weighted by Gasteiger charge is 1.99. The average molecular weight is 319 g/mol. The van der Waals surface area contributed by atoms with Crippen molar-refractivity contribution in [3.8, 4) is 0 Å². The first-order chi connectivity index (χ1) is 7.74. The van der Waals surface area contributed by atoms with E-state index >= 15 is 0 Å². The number of thiophene rings is 1. The third-order valence-electron chi connectivity index (χ3n) is 1.90. The van der Waals surface area contributed by atoms with Crippen LogP contribution >= 0.6 is 38.9 Å². The fourth-order valence-electron chi connectivity index (χ4n) is 1.19. The van der Waals surface area contributed by atoms with Gasteiger partial charge in [0.05, 0.1) is 21.2 Å². The molecule has 0 bridgehead atoms. The van der Waals surface area contributed by atoms with Gasteiger partial charge < -0.3 is 5.32 Å². The normalized spacial score (nSPS) is 10.4. The number of halogens is 2. The molecule has 2 aromatic rings. The molecular weight excluding hydrogens is 310 g/mol. The average Bonchev–Trinajstić information content (AvgIpc) is 2.67. The van der Waals surface area contributed by atoms with Gasteiger partial charge in [-0.15, -0.1) is 11.3 Å². The molecule has 84 valence electrons. The number of hydrogen-bond acceptors (Lipinski definition) is 4. The Morgan fingerprint density at radius 3 is 2.69 bits per heavy atom. The second-order valence-electron chi connectivity index (χ2n) is 3.11. The van der Waals surface area contributed by atoms with E-state index in [0.29, 0.717) is 11.0 Å². The number of aromatic nitrogens is 2. The summed E-state index contributed by atoms with van der Waals surface area (Å²) < 4.78 is 1.16. The molecule has 0 saturated heterocycles. The molecule has 0 fully saturated rings. The van der Waals surface area contributed by atoms with E-state index in [-0.39, 0.29) is 0 Å². The summed E-state index contributed by atoms with van der Waals surface area (Å²) in [5.41, 5.74) is 0. The van der Waals surface area contributed by atoms with Crippen LogP contribution in [0.4, 0.5) is 5.95 Å². The van der Waals surface area contributed by atoms with Gasteiger partial charge in [0.2, 0.25) is 5.95 Å². The van der Waals surface area contributed by atoms with Crippen molar-refractivity contribution < 1.29 is 0 Å². The molecule has 0 aliphatic rings. The molecule has 0 atom stereocenters. The van der Waals surface area contributed by atoms with Crippen molar-refractivity contribution in [1.82, 2.24) is 9.97 Å². The number of anilines is 1. The van der Waals surface area contributed by atoms with Gasteiger partial charge in [0.25, 0.3) is 0 Å². The maximum Gasteiger partial charge on any atom is 0.222 e. The molecule has 0 amide bonds. The molecule has 0 aromatic carbocycles. The molecule has 0 aliphatic heterocycles. The summed E-state index contributed by atoms with van der Waals surface area (Å²) in [6, 6.07) is 4.16. The molecule has 0 aliphatic carbocycles. The SMILES string of the molecule is Clc1cnc(NCCc2ccc(Br)s2)nc1. The largest absolute Gasteiger partial charge is 0.354 e. The minimum atomic E-state index is 0.549. The fraction of sp³-hybridized carbons (Fsp3) is 0.200. The van der Waals surface area contributed by atoms with Gasteiger partial charge in [-0.05, 0) is 34.5 Å². The molecule has 16 heavy (non-hydrogen) atoms. The van der Waals surface area contributed by atoms with Crippen molar-refractivity contribution in [2.75, 3.05) is 11.9 Å². The Morgan fingerprint density at radius 1 is 1.31 bits per heavy atom. The van der Waals surface area contributed by atoms with Gasteiger partial charge in [-0.2, -0.15) is 0 Å². The van der Waals surface area contributed by atoms with Crippen LogP contribution in [0.2, 0.25) is 5.02 Å². The van der Waals surface area contributed by atoms with Crippen molar-refractivity contribution in [3.05, 3.63) is 38.2 Å². The maximum atomic E-state index is 5.69. The minimum Gasteiger partial charge on any atom is -0.354 e. The molecule has 0 spiro atoms. The van der Waals surface area contributed by atoms with Crippen LogP contribution in [0.5, 0.6) is 0 Å². The monoisotopic (exact) mass is 317 g/mol. The number of hydrogen-bond donors (Lipinski definition) is 1. The summed E-state index contributed by atoms with van der Waals surface area (Å²) in [7, 11) is 0. The first-order valence-corrected chi connectivity index (χ1v) is 6.68. The topological polar surface area (TPSA) is 37.8 Å². The lowest BCUT2D eigenvalue weighted by atomic mass is 10.3. The highest BCUT2D eigenvalue weighted by molar-refractivity contribution is 9.11. The summed E-state index contributed by atoms with van der Waals surface area (Å²) in [5, 5.41) is 3.69. The standard InChI is InChI=1S/C10H9BrClN3S/c11-9-2-1-8(16-9)3-4-13-10-14-5-7(12)6-15-10/h1-2,5-6H,3-4H2,(H,13,14,15). The van der Waals surface area contributed by atoms with Gasteiger partial charge in [-0.25, -0.2) is 9.97 Å². The smallest absolute Gasteiger partial charge is 0.222 e. The van der Waals surface area contributed by atoms with E-state index in [1.54, 1.807) is 23.7 Å². The zero-order valence-corrected chi connectivity index (χ0v) is 11.4. The molecule has 6 heteroatoms. The Morgan fingerprint density at radius 2 is 2.06 bits per heavy atom. The summed E-state index contributed by atoms with van der Waals surface area (Å²) in [6.07, 6.45) is 4.12. The molecule has 2 rings (SSSR count). The van der Waals surface area contributed by atoms with Gasteiger partial charge in [-0.3, -0.25) is 0 Å². The Hall–Kier alpha value is -0.650. The number of nitrogens with one attached hydrogen (secondary N) is 1. The Balaban J connectivity index is 1.82. The lowest BCUT2D eigenvalue weighted by molar-refractivity contribution is 1.00. The highest BCUT2D eigenvalue weighted by Crippen LogP contribution is 2.22. The van der Waals surface area contributed by atoms with Crippen LogP contribution in [0.25, 0.3) is 0 Å². The summed E-state index contributed by atoms with van der Waals surface area (Å²) >= 11 is 10.9. The van der Waals surface area contributed by atoms with Crippen molar-refractivity contribution in [2.24, 2.45) is 0 Å². The van der Waals surface area contributed by atoms with Crippen LogP contribution in [0.15, 0.2) is 28.3 Å². The summed E-state index contributed by atoms with van der Waals surface area (Å²) in [5.74, 6) is 0.611. The fourth-order valence-corrected chi connectivity index (χ4v) is 2.77. The Kier molecular flexibility index (Phi) is 4.15. The molecule has 0 unspecified atom stereocenters. The van der Waals surface area contributed by atoms with Gasteiger partial charge in [-0.1, -0.05) is 11.6 Å². The second-order valence-corrected chi connectivity index (χ2v) is 6.09. The van der Waals surface area contributed by atoms with Crippen LogP contribution in [0.3, 0.4) is 0 Å². The maximum absolute atomic E-state index is 5.69. The second kappa shape index (κ2) is 5.61. The molecule has 2 aromatic heterocycles. The van der Waals surface area contributed by atoms with Gasteiger partial charge in [0.1, 0.15) is 0 Å². The zero-order valence-electron chi connectivity index (χ0n) is 8.28.